The molecule has 0 saturated carbocycles. The maximum absolute atomic E-state index is 11.5. The highest BCUT2D eigenvalue weighted by molar-refractivity contribution is 5.91. The van der Waals surface area contributed by atoms with E-state index in [1.54, 1.807) is 6.07 Å². The number of aryl methyl sites for hydroxylation is 1. The van der Waals surface area contributed by atoms with Crippen molar-refractivity contribution < 1.29 is 9.53 Å². The predicted molar refractivity (Wildman–Crippen MR) is 67.7 cm³/mol. The maximum atomic E-state index is 11.5. The molecule has 0 atom stereocenters. The van der Waals surface area contributed by atoms with Crippen LogP contribution in [0.4, 0.5) is 11.5 Å². The van der Waals surface area contributed by atoms with E-state index in [0.717, 1.165) is 5.56 Å². The molecule has 0 fully saturated rings. The molecule has 0 saturated heterocycles. The largest absolute Gasteiger partial charge is 0.397 e. The van der Waals surface area contributed by atoms with E-state index in [2.05, 4.69) is 10.3 Å². The average molecular weight is 237 g/mol. The highest BCUT2D eigenvalue weighted by Gasteiger charge is 2.13. The molecule has 0 unspecified atom stereocenters. The number of nitrogens with two attached hydrogens (primary N) is 1. The second-order valence-electron chi connectivity index (χ2n) is 4.88. The van der Waals surface area contributed by atoms with E-state index in [-0.39, 0.29) is 18.1 Å². The molecule has 0 bridgehead atoms. The zero-order chi connectivity index (χ0) is 13.1. The monoisotopic (exact) mass is 237 g/mol. The number of nitrogen functional groups attached to an aromatic ring is 1. The molecule has 5 heteroatoms. The van der Waals surface area contributed by atoms with Crippen molar-refractivity contribution in [2.45, 2.75) is 33.3 Å². The quantitative estimate of drug-likeness (QED) is 0.839. The Morgan fingerprint density at radius 3 is 2.71 bits per heavy atom. The number of ether oxygens (including phenoxy) is 1. The van der Waals surface area contributed by atoms with Gasteiger partial charge in [-0.25, -0.2) is 4.98 Å². The summed E-state index contributed by atoms with van der Waals surface area (Å²) >= 11 is 0. The summed E-state index contributed by atoms with van der Waals surface area (Å²) in [7, 11) is 0. The molecule has 3 N–H and O–H groups in total. The van der Waals surface area contributed by atoms with Gasteiger partial charge < -0.3 is 15.8 Å². The van der Waals surface area contributed by atoms with Gasteiger partial charge in [0.2, 0.25) is 0 Å². The maximum Gasteiger partial charge on any atom is 0.251 e. The fourth-order valence-electron chi connectivity index (χ4n) is 1.10. The topological polar surface area (TPSA) is 77.2 Å². The number of pyridine rings is 1. The van der Waals surface area contributed by atoms with Crippen molar-refractivity contribution in [2.24, 2.45) is 0 Å². The predicted octanol–water partition coefficient (Wildman–Crippen LogP) is 1.73. The van der Waals surface area contributed by atoms with E-state index >= 15 is 0 Å². The van der Waals surface area contributed by atoms with Crippen LogP contribution in [-0.4, -0.2) is 23.1 Å². The minimum atomic E-state index is -0.332. The summed E-state index contributed by atoms with van der Waals surface area (Å²) in [5.74, 6) is 0.260. The first-order valence-electron chi connectivity index (χ1n) is 5.44. The number of anilines is 2. The number of nitrogens with one attached hydrogen (secondary N) is 1. The van der Waals surface area contributed by atoms with Gasteiger partial charge in [0.25, 0.3) is 5.91 Å². The summed E-state index contributed by atoms with van der Waals surface area (Å²) in [5, 5.41) is 2.65. The summed E-state index contributed by atoms with van der Waals surface area (Å²) in [4.78, 5) is 15.6. The highest BCUT2D eigenvalue weighted by Crippen LogP contribution is 2.13. The number of nitrogens with zero attached hydrogens (tertiary/aromatic N) is 1. The van der Waals surface area contributed by atoms with Crippen molar-refractivity contribution >= 4 is 17.4 Å². The van der Waals surface area contributed by atoms with E-state index in [1.165, 1.54) is 6.20 Å². The van der Waals surface area contributed by atoms with E-state index in [9.17, 15) is 4.79 Å². The van der Waals surface area contributed by atoms with Gasteiger partial charge in [-0.15, -0.1) is 0 Å². The Labute approximate surface area is 101 Å². The van der Waals surface area contributed by atoms with Gasteiger partial charge in [-0.05, 0) is 39.3 Å². The first-order chi connectivity index (χ1) is 7.78. The fraction of sp³-hybridized carbons (Fsp3) is 0.500. The lowest BCUT2D eigenvalue weighted by atomic mass is 10.2. The Bertz CT molecular complexity index is 411. The van der Waals surface area contributed by atoms with E-state index in [0.29, 0.717) is 11.5 Å². The fourth-order valence-corrected chi connectivity index (χ4v) is 1.10. The van der Waals surface area contributed by atoms with Gasteiger partial charge in [-0.2, -0.15) is 0 Å². The SMILES string of the molecule is Cc1cc(NC(=O)COC(C)(C)C)ncc1N. The average Bonchev–Trinajstić information content (AvgIpc) is 2.20. The number of hydrogen-bond acceptors (Lipinski definition) is 4. The Kier molecular flexibility index (Phi) is 4.07. The smallest absolute Gasteiger partial charge is 0.251 e. The van der Waals surface area contributed by atoms with Crippen LogP contribution in [0.15, 0.2) is 12.3 Å². The summed E-state index contributed by atoms with van der Waals surface area (Å²) in [6.07, 6.45) is 1.52. The van der Waals surface area contributed by atoms with Crippen LogP contribution in [0.5, 0.6) is 0 Å². The molecule has 94 valence electrons. The Morgan fingerprint density at radius 1 is 1.53 bits per heavy atom. The molecule has 1 heterocycles. The highest BCUT2D eigenvalue weighted by atomic mass is 16.5. The number of hydrogen-bond donors (Lipinski definition) is 2. The lowest BCUT2D eigenvalue weighted by molar-refractivity contribution is -0.125. The molecule has 17 heavy (non-hydrogen) atoms. The van der Waals surface area contributed by atoms with Gasteiger partial charge in [0.05, 0.1) is 17.5 Å². The third-order valence-corrected chi connectivity index (χ3v) is 2.06. The molecule has 0 spiro atoms. The molecule has 0 aliphatic rings. The molecule has 0 radical (unpaired) electrons. The van der Waals surface area contributed by atoms with Crippen LogP contribution in [-0.2, 0) is 9.53 Å². The van der Waals surface area contributed by atoms with Gasteiger partial charge in [0, 0.05) is 0 Å². The Morgan fingerprint density at radius 2 is 2.18 bits per heavy atom. The molecule has 1 rings (SSSR count). The summed E-state index contributed by atoms with van der Waals surface area (Å²) < 4.78 is 5.35. The summed E-state index contributed by atoms with van der Waals surface area (Å²) in [6.45, 7) is 7.55. The lowest BCUT2D eigenvalue weighted by Crippen LogP contribution is -2.27. The van der Waals surface area contributed by atoms with Crippen LogP contribution in [0.2, 0.25) is 0 Å². The number of carbonyl (C=O) groups excluding carboxylic acids is 1. The van der Waals surface area contributed by atoms with Crippen molar-refractivity contribution in [3.05, 3.63) is 17.8 Å². The van der Waals surface area contributed by atoms with E-state index in [1.807, 2.05) is 27.7 Å². The summed E-state index contributed by atoms with van der Waals surface area (Å²) in [5.41, 5.74) is 6.79. The zero-order valence-corrected chi connectivity index (χ0v) is 10.7. The molecule has 0 aliphatic carbocycles. The van der Waals surface area contributed by atoms with Crippen LogP contribution in [0, 0.1) is 6.92 Å². The van der Waals surface area contributed by atoms with Crippen LogP contribution >= 0.6 is 0 Å². The molecular weight excluding hydrogens is 218 g/mol. The second kappa shape index (κ2) is 5.14. The number of rotatable bonds is 3. The van der Waals surface area contributed by atoms with Crippen molar-refractivity contribution in [1.29, 1.82) is 0 Å². The van der Waals surface area contributed by atoms with Crippen LogP contribution in [0.3, 0.4) is 0 Å². The van der Waals surface area contributed by atoms with Gasteiger partial charge in [0.1, 0.15) is 12.4 Å². The third kappa shape index (κ3) is 4.82. The standard InChI is InChI=1S/C12H19N3O2/c1-8-5-10(14-6-9(8)13)15-11(16)7-17-12(2,3)4/h5-6H,7,13H2,1-4H3,(H,14,15,16). The van der Waals surface area contributed by atoms with E-state index in [4.69, 9.17) is 10.5 Å². The first kappa shape index (κ1) is 13.4. The Balaban J connectivity index is 2.54. The van der Waals surface area contributed by atoms with Crippen molar-refractivity contribution in [3.63, 3.8) is 0 Å². The second-order valence-corrected chi connectivity index (χ2v) is 4.88. The molecule has 0 aliphatic heterocycles. The minimum absolute atomic E-state index is 0.00854. The molecule has 1 aromatic heterocycles. The molecule has 1 aromatic rings. The van der Waals surface area contributed by atoms with Crippen LogP contribution in [0.25, 0.3) is 0 Å². The van der Waals surface area contributed by atoms with Crippen molar-refractivity contribution in [1.82, 2.24) is 4.98 Å². The molecular formula is C12H19N3O2. The van der Waals surface area contributed by atoms with Gasteiger partial charge in [-0.1, -0.05) is 0 Å². The van der Waals surface area contributed by atoms with Gasteiger partial charge >= 0.3 is 0 Å². The van der Waals surface area contributed by atoms with E-state index < -0.39 is 0 Å². The van der Waals surface area contributed by atoms with Crippen LogP contribution in [0.1, 0.15) is 26.3 Å². The van der Waals surface area contributed by atoms with Crippen molar-refractivity contribution in [3.8, 4) is 0 Å². The number of carbonyl (C=O) groups is 1. The molecule has 1 amide bonds. The van der Waals surface area contributed by atoms with Gasteiger partial charge in [-0.3, -0.25) is 4.79 Å². The minimum Gasteiger partial charge on any atom is -0.397 e. The first-order valence-corrected chi connectivity index (χ1v) is 5.44. The Hall–Kier alpha value is -1.62. The number of amides is 1. The van der Waals surface area contributed by atoms with Crippen LogP contribution < -0.4 is 11.1 Å². The third-order valence-electron chi connectivity index (χ3n) is 2.06. The zero-order valence-electron chi connectivity index (χ0n) is 10.7. The summed E-state index contributed by atoms with van der Waals surface area (Å²) in [6, 6.07) is 1.73. The molecule has 0 aromatic carbocycles. The van der Waals surface area contributed by atoms with Gasteiger partial charge in [0.15, 0.2) is 0 Å². The molecule has 5 nitrogen and oxygen atoms in total. The van der Waals surface area contributed by atoms with Crippen molar-refractivity contribution in [2.75, 3.05) is 17.7 Å². The number of aromatic nitrogens is 1. The lowest BCUT2D eigenvalue weighted by Gasteiger charge is -2.18. The normalized spacial score (nSPS) is 11.3.